The van der Waals surface area contributed by atoms with E-state index in [4.69, 9.17) is 46.4 Å². The highest BCUT2D eigenvalue weighted by Crippen LogP contribution is 2.24. The summed E-state index contributed by atoms with van der Waals surface area (Å²) in [4.78, 5) is 11.2. The summed E-state index contributed by atoms with van der Waals surface area (Å²) in [5, 5.41) is 7.96. The molecule has 0 aliphatic heterocycles. The predicted molar refractivity (Wildman–Crippen MR) is 82.2 cm³/mol. The lowest BCUT2D eigenvalue weighted by atomic mass is 10.2. The molecular formula is C12H9Cl4N3O. The van der Waals surface area contributed by atoms with Crippen LogP contribution in [0.25, 0.3) is 0 Å². The Morgan fingerprint density at radius 1 is 1.20 bits per heavy atom. The van der Waals surface area contributed by atoms with E-state index in [1.165, 1.54) is 0 Å². The van der Waals surface area contributed by atoms with Crippen LogP contribution in [0.3, 0.4) is 0 Å². The van der Waals surface area contributed by atoms with Crippen molar-refractivity contribution in [2.45, 2.75) is 6.54 Å². The summed E-state index contributed by atoms with van der Waals surface area (Å²) in [5.74, 6) is -0.249. The molecule has 0 atom stereocenters. The zero-order valence-electron chi connectivity index (χ0n) is 10.0. The number of hydrogen-bond donors (Lipinski definition) is 1. The third kappa shape index (κ3) is 3.79. The van der Waals surface area contributed by atoms with Gasteiger partial charge in [-0.15, -0.1) is 11.6 Å². The molecule has 2 aromatic rings. The molecule has 0 fully saturated rings. The van der Waals surface area contributed by atoms with Crippen LogP contribution in [0.4, 0.5) is 5.82 Å². The molecule has 0 spiro atoms. The van der Waals surface area contributed by atoms with Gasteiger partial charge in [-0.1, -0.05) is 40.9 Å². The first-order valence-electron chi connectivity index (χ1n) is 5.52. The van der Waals surface area contributed by atoms with Gasteiger partial charge in [-0.2, -0.15) is 5.10 Å². The number of nitrogens with one attached hydrogen (secondary N) is 1. The quantitative estimate of drug-likeness (QED) is 0.843. The van der Waals surface area contributed by atoms with E-state index in [2.05, 4.69) is 10.4 Å². The van der Waals surface area contributed by atoms with E-state index in [-0.39, 0.29) is 17.6 Å². The molecule has 0 bridgehead atoms. The summed E-state index contributed by atoms with van der Waals surface area (Å²) < 4.78 is 1.59. The first kappa shape index (κ1) is 15.4. The van der Waals surface area contributed by atoms with Crippen molar-refractivity contribution in [3.63, 3.8) is 0 Å². The fourth-order valence-corrected chi connectivity index (χ4v) is 2.14. The molecule has 0 saturated carbocycles. The van der Waals surface area contributed by atoms with Crippen molar-refractivity contribution < 1.29 is 4.79 Å². The van der Waals surface area contributed by atoms with Gasteiger partial charge in [-0.05, 0) is 17.7 Å². The Hall–Kier alpha value is -0.940. The number of hydrogen-bond acceptors (Lipinski definition) is 2. The van der Waals surface area contributed by atoms with E-state index < -0.39 is 0 Å². The summed E-state index contributed by atoms with van der Waals surface area (Å²) in [5.41, 5.74) is 0.911. The Bertz CT molecular complexity index is 642. The number of nitrogens with zero attached hydrogens (tertiary/aromatic N) is 2. The first-order chi connectivity index (χ1) is 9.49. The molecule has 1 aromatic heterocycles. The minimum Gasteiger partial charge on any atom is -0.307 e. The van der Waals surface area contributed by atoms with Gasteiger partial charge in [0.15, 0.2) is 5.82 Å². The van der Waals surface area contributed by atoms with Gasteiger partial charge in [0.2, 0.25) is 5.91 Å². The Kier molecular flexibility index (Phi) is 5.16. The zero-order chi connectivity index (χ0) is 14.7. The number of benzene rings is 1. The summed E-state index contributed by atoms with van der Waals surface area (Å²) in [6.45, 7) is 0.452. The molecule has 1 heterocycles. The van der Waals surface area contributed by atoms with Crippen LogP contribution in [0.15, 0.2) is 24.4 Å². The average molecular weight is 353 g/mol. The fourth-order valence-electron chi connectivity index (χ4n) is 1.55. The number of carbonyl (C=O) groups is 1. The van der Waals surface area contributed by atoms with Crippen molar-refractivity contribution in [3.05, 3.63) is 45.0 Å². The summed E-state index contributed by atoms with van der Waals surface area (Å²) in [7, 11) is 0. The third-order valence-corrected chi connectivity index (χ3v) is 3.68. The van der Waals surface area contributed by atoms with E-state index >= 15 is 0 Å². The van der Waals surface area contributed by atoms with Crippen LogP contribution in [0.5, 0.6) is 0 Å². The van der Waals surface area contributed by atoms with Crippen LogP contribution in [0.2, 0.25) is 15.1 Å². The number of rotatable bonds is 4. The summed E-state index contributed by atoms with van der Waals surface area (Å²) in [6.07, 6.45) is 1.61. The minimum absolute atomic E-state index is 0.157. The maximum absolute atomic E-state index is 11.2. The maximum Gasteiger partial charge on any atom is 0.240 e. The average Bonchev–Trinajstić information content (AvgIpc) is 2.74. The normalized spacial score (nSPS) is 10.6. The van der Waals surface area contributed by atoms with E-state index in [0.717, 1.165) is 5.56 Å². The molecule has 1 N–H and O–H groups in total. The first-order valence-corrected chi connectivity index (χ1v) is 7.19. The Morgan fingerprint density at radius 3 is 2.60 bits per heavy atom. The second kappa shape index (κ2) is 6.68. The monoisotopic (exact) mass is 351 g/mol. The highest BCUT2D eigenvalue weighted by Gasteiger charge is 2.10. The molecule has 8 heteroatoms. The molecule has 0 unspecified atom stereocenters. The largest absolute Gasteiger partial charge is 0.307 e. The Labute approximate surface area is 135 Å². The molecule has 0 aliphatic carbocycles. The van der Waals surface area contributed by atoms with Crippen molar-refractivity contribution >= 4 is 58.1 Å². The lowest BCUT2D eigenvalue weighted by molar-refractivity contribution is -0.113. The SMILES string of the molecule is O=C(CCl)Nc1nn(Cc2ccc(Cl)c(Cl)c2)cc1Cl. The molecule has 1 amide bonds. The Morgan fingerprint density at radius 2 is 1.95 bits per heavy atom. The molecule has 4 nitrogen and oxygen atoms in total. The van der Waals surface area contributed by atoms with Gasteiger partial charge < -0.3 is 5.32 Å². The molecule has 0 saturated heterocycles. The van der Waals surface area contributed by atoms with Crippen molar-refractivity contribution in [1.82, 2.24) is 9.78 Å². The van der Waals surface area contributed by atoms with Crippen LogP contribution in [0, 0.1) is 0 Å². The number of anilines is 1. The second-order valence-corrected chi connectivity index (χ2v) is 5.44. The van der Waals surface area contributed by atoms with Gasteiger partial charge in [-0.3, -0.25) is 9.48 Å². The number of carbonyl (C=O) groups excluding carboxylic acids is 1. The van der Waals surface area contributed by atoms with Gasteiger partial charge in [0.05, 0.1) is 16.6 Å². The van der Waals surface area contributed by atoms with Gasteiger partial charge in [0.1, 0.15) is 10.9 Å². The van der Waals surface area contributed by atoms with E-state index in [1.807, 2.05) is 6.07 Å². The van der Waals surface area contributed by atoms with Crippen LogP contribution in [-0.2, 0) is 11.3 Å². The maximum atomic E-state index is 11.2. The van der Waals surface area contributed by atoms with Crippen molar-refractivity contribution in [2.75, 3.05) is 11.2 Å². The molecule has 1 aromatic carbocycles. The van der Waals surface area contributed by atoms with Gasteiger partial charge in [-0.25, -0.2) is 0 Å². The van der Waals surface area contributed by atoms with Gasteiger partial charge >= 0.3 is 0 Å². The van der Waals surface area contributed by atoms with E-state index in [0.29, 0.717) is 21.6 Å². The number of aromatic nitrogens is 2. The van der Waals surface area contributed by atoms with Crippen molar-refractivity contribution in [3.8, 4) is 0 Å². The van der Waals surface area contributed by atoms with E-state index in [1.54, 1.807) is 23.0 Å². The lowest BCUT2D eigenvalue weighted by Crippen LogP contribution is -2.13. The Balaban J connectivity index is 2.15. The molecule has 0 radical (unpaired) electrons. The molecule has 106 valence electrons. The summed E-state index contributed by atoms with van der Waals surface area (Å²) >= 11 is 23.2. The topological polar surface area (TPSA) is 46.9 Å². The van der Waals surface area contributed by atoms with Crippen LogP contribution in [0.1, 0.15) is 5.56 Å². The van der Waals surface area contributed by atoms with Crippen LogP contribution >= 0.6 is 46.4 Å². The molecular weight excluding hydrogens is 344 g/mol. The lowest BCUT2D eigenvalue weighted by Gasteiger charge is -2.03. The third-order valence-electron chi connectivity index (χ3n) is 2.42. The highest BCUT2D eigenvalue weighted by molar-refractivity contribution is 6.42. The van der Waals surface area contributed by atoms with Gasteiger partial charge in [0, 0.05) is 6.20 Å². The number of alkyl halides is 1. The number of amides is 1. The van der Waals surface area contributed by atoms with E-state index in [9.17, 15) is 4.79 Å². The van der Waals surface area contributed by atoms with Crippen molar-refractivity contribution in [1.29, 1.82) is 0 Å². The summed E-state index contributed by atoms with van der Waals surface area (Å²) in [6, 6.07) is 5.29. The van der Waals surface area contributed by atoms with Crippen LogP contribution in [-0.4, -0.2) is 21.6 Å². The van der Waals surface area contributed by atoms with Crippen LogP contribution < -0.4 is 5.32 Å². The molecule has 20 heavy (non-hydrogen) atoms. The second-order valence-electron chi connectivity index (χ2n) is 3.95. The zero-order valence-corrected chi connectivity index (χ0v) is 13.1. The standard InChI is InChI=1S/C12H9Cl4N3O/c13-4-11(20)17-12-10(16)6-19(18-12)5-7-1-2-8(14)9(15)3-7/h1-3,6H,4-5H2,(H,17,18,20). The minimum atomic E-state index is -0.367. The van der Waals surface area contributed by atoms with Crippen molar-refractivity contribution in [2.24, 2.45) is 0 Å². The number of halogens is 4. The molecule has 2 rings (SSSR count). The van der Waals surface area contributed by atoms with Gasteiger partial charge in [0.25, 0.3) is 0 Å². The molecule has 0 aliphatic rings. The smallest absolute Gasteiger partial charge is 0.240 e. The fraction of sp³-hybridized carbons (Fsp3) is 0.167. The highest BCUT2D eigenvalue weighted by atomic mass is 35.5. The predicted octanol–water partition coefficient (Wildman–Crippen LogP) is 4.07.